The SMILES string of the molecule is [N-]=[N+]=NCc1ccccc1[C@@H]1OC(c2ccc(OCCCO)cc2)=N[C@]1(Cc1ccccc1N=[N+]=[N-])C(=O)NNCc1ccccc1. The van der Waals surface area contributed by atoms with E-state index in [1.54, 1.807) is 48.5 Å². The molecule has 2 atom stereocenters. The van der Waals surface area contributed by atoms with E-state index < -0.39 is 17.6 Å². The summed E-state index contributed by atoms with van der Waals surface area (Å²) in [5.74, 6) is 0.344. The molecule has 238 valence electrons. The first-order valence-corrected chi connectivity index (χ1v) is 15.0. The standard InChI is InChI=1S/C34H33N9O4/c35-42-38-23-27-12-4-6-13-29(27)31-34(21-26-11-5-7-14-30(26)40-43-36,33(45)41-37-22-24-9-2-1-3-10-24)39-32(47-31)25-15-17-28(18-16-25)46-20-8-19-44/h1-7,9-18,31,37,44H,8,19-23H2,(H,41,45)/t31-,34-/m0/s1. The van der Waals surface area contributed by atoms with Gasteiger partial charge in [-0.2, -0.15) is 0 Å². The Morgan fingerprint density at radius 1 is 0.936 bits per heavy atom. The first kappa shape index (κ1) is 32.6. The van der Waals surface area contributed by atoms with E-state index in [1.807, 2.05) is 54.6 Å². The Labute approximate surface area is 271 Å². The van der Waals surface area contributed by atoms with E-state index in [1.165, 1.54) is 0 Å². The number of hydrogen-bond acceptors (Lipinski definition) is 8. The predicted molar refractivity (Wildman–Crippen MR) is 176 cm³/mol. The summed E-state index contributed by atoms with van der Waals surface area (Å²) in [6, 6.07) is 31.0. The Kier molecular flexibility index (Phi) is 11.0. The number of aliphatic hydroxyl groups excluding tert-OH is 1. The van der Waals surface area contributed by atoms with Gasteiger partial charge in [0.25, 0.3) is 5.91 Å². The molecule has 4 aromatic rings. The van der Waals surface area contributed by atoms with Crippen molar-refractivity contribution in [1.82, 2.24) is 10.9 Å². The molecule has 0 bridgehead atoms. The summed E-state index contributed by atoms with van der Waals surface area (Å²) < 4.78 is 12.3. The minimum absolute atomic E-state index is 0.00736. The molecule has 0 spiro atoms. The van der Waals surface area contributed by atoms with Gasteiger partial charge in [0, 0.05) is 47.1 Å². The molecule has 1 aliphatic rings. The molecule has 0 aromatic heterocycles. The van der Waals surface area contributed by atoms with Gasteiger partial charge in [0.15, 0.2) is 11.6 Å². The monoisotopic (exact) mass is 631 g/mol. The molecule has 1 heterocycles. The highest BCUT2D eigenvalue weighted by Crippen LogP contribution is 2.44. The summed E-state index contributed by atoms with van der Waals surface area (Å²) in [7, 11) is 0. The van der Waals surface area contributed by atoms with Crippen LogP contribution < -0.4 is 15.6 Å². The molecule has 13 nitrogen and oxygen atoms in total. The lowest BCUT2D eigenvalue weighted by atomic mass is 9.80. The largest absolute Gasteiger partial charge is 0.494 e. The normalized spacial score (nSPS) is 16.6. The Bertz CT molecular complexity index is 1800. The average Bonchev–Trinajstić information content (AvgIpc) is 3.49. The molecule has 1 aliphatic heterocycles. The molecule has 0 aliphatic carbocycles. The fraction of sp³-hybridized carbons (Fsp3) is 0.235. The highest BCUT2D eigenvalue weighted by molar-refractivity contribution is 6.01. The molecule has 0 unspecified atom stereocenters. The summed E-state index contributed by atoms with van der Waals surface area (Å²) in [5.41, 5.74) is 26.4. The van der Waals surface area contributed by atoms with Crippen LogP contribution in [0, 0.1) is 0 Å². The molecule has 0 fully saturated rings. The molecule has 0 radical (unpaired) electrons. The quantitative estimate of drug-likeness (QED) is 0.0442. The summed E-state index contributed by atoms with van der Waals surface area (Å²) in [6.45, 7) is 0.770. The topological polar surface area (TPSA) is 190 Å². The third-order valence-corrected chi connectivity index (χ3v) is 7.61. The second-order valence-electron chi connectivity index (χ2n) is 10.7. The number of carbonyl (C=O) groups excluding carboxylic acids is 1. The second kappa shape index (κ2) is 15.9. The highest BCUT2D eigenvalue weighted by atomic mass is 16.5. The van der Waals surface area contributed by atoms with E-state index in [4.69, 9.17) is 25.1 Å². The van der Waals surface area contributed by atoms with Crippen LogP contribution in [0.25, 0.3) is 20.9 Å². The number of aliphatic imine (C=N–C) groups is 1. The fourth-order valence-electron chi connectivity index (χ4n) is 5.33. The second-order valence-corrected chi connectivity index (χ2v) is 10.7. The number of nitrogens with one attached hydrogen (secondary N) is 2. The van der Waals surface area contributed by atoms with Gasteiger partial charge in [0.2, 0.25) is 5.90 Å². The van der Waals surface area contributed by atoms with Crippen molar-refractivity contribution < 1.29 is 19.4 Å². The van der Waals surface area contributed by atoms with Crippen molar-refractivity contribution in [2.24, 2.45) is 15.2 Å². The maximum absolute atomic E-state index is 14.5. The molecule has 47 heavy (non-hydrogen) atoms. The number of carbonyl (C=O) groups is 1. The van der Waals surface area contributed by atoms with Crippen LogP contribution in [0.2, 0.25) is 0 Å². The maximum Gasteiger partial charge on any atom is 0.266 e. The van der Waals surface area contributed by atoms with Crippen molar-refractivity contribution in [2.75, 3.05) is 13.2 Å². The van der Waals surface area contributed by atoms with E-state index >= 15 is 0 Å². The molecule has 5 rings (SSSR count). The van der Waals surface area contributed by atoms with Gasteiger partial charge in [0.1, 0.15) is 5.75 Å². The van der Waals surface area contributed by atoms with Crippen LogP contribution in [-0.4, -0.2) is 35.7 Å². The zero-order chi connectivity index (χ0) is 32.9. The lowest BCUT2D eigenvalue weighted by molar-refractivity contribution is -0.130. The molecule has 1 amide bonds. The van der Waals surface area contributed by atoms with E-state index in [9.17, 15) is 10.3 Å². The van der Waals surface area contributed by atoms with Gasteiger partial charge in [0.05, 0.1) is 13.2 Å². The smallest absolute Gasteiger partial charge is 0.266 e. The Hall–Kier alpha value is -5.84. The van der Waals surface area contributed by atoms with Crippen LogP contribution in [0.5, 0.6) is 5.75 Å². The number of hydrazine groups is 1. The molecular weight excluding hydrogens is 598 g/mol. The number of rotatable bonds is 15. The molecule has 0 saturated heterocycles. The van der Waals surface area contributed by atoms with Crippen LogP contribution in [0.15, 0.2) is 118 Å². The minimum atomic E-state index is -1.61. The molecule has 13 heteroatoms. The van der Waals surface area contributed by atoms with Gasteiger partial charge in [-0.05, 0) is 57.6 Å². The highest BCUT2D eigenvalue weighted by Gasteiger charge is 2.54. The number of amides is 1. The third-order valence-electron chi connectivity index (χ3n) is 7.61. The molecule has 0 saturated carbocycles. The van der Waals surface area contributed by atoms with Crippen molar-refractivity contribution >= 4 is 17.5 Å². The zero-order valence-corrected chi connectivity index (χ0v) is 25.4. The van der Waals surface area contributed by atoms with Crippen LogP contribution >= 0.6 is 0 Å². The number of aliphatic hydroxyl groups is 1. The predicted octanol–water partition coefficient (Wildman–Crippen LogP) is 6.52. The van der Waals surface area contributed by atoms with Gasteiger partial charge in [-0.1, -0.05) is 89.1 Å². The molecule has 3 N–H and O–H groups in total. The van der Waals surface area contributed by atoms with Crippen molar-refractivity contribution in [3.05, 3.63) is 152 Å². The van der Waals surface area contributed by atoms with Gasteiger partial charge in [-0.3, -0.25) is 10.2 Å². The summed E-state index contributed by atoms with van der Waals surface area (Å²) >= 11 is 0. The van der Waals surface area contributed by atoms with Gasteiger partial charge in [-0.25, -0.2) is 10.4 Å². The number of ether oxygens (including phenoxy) is 2. The van der Waals surface area contributed by atoms with Crippen molar-refractivity contribution in [3.63, 3.8) is 0 Å². The van der Waals surface area contributed by atoms with Crippen LogP contribution in [-0.2, 0) is 29.0 Å². The number of azide groups is 2. The number of nitrogens with zero attached hydrogens (tertiary/aromatic N) is 7. The van der Waals surface area contributed by atoms with Crippen LogP contribution in [0.1, 0.15) is 40.3 Å². The zero-order valence-electron chi connectivity index (χ0n) is 25.4. The first-order valence-electron chi connectivity index (χ1n) is 15.0. The van der Waals surface area contributed by atoms with Crippen molar-refractivity contribution in [1.29, 1.82) is 0 Å². The fourth-order valence-corrected chi connectivity index (χ4v) is 5.33. The first-order chi connectivity index (χ1) is 23.1. The Balaban J connectivity index is 1.61. The van der Waals surface area contributed by atoms with E-state index in [0.29, 0.717) is 53.3 Å². The van der Waals surface area contributed by atoms with Gasteiger partial charge < -0.3 is 14.6 Å². The Morgan fingerprint density at radius 2 is 1.66 bits per heavy atom. The van der Waals surface area contributed by atoms with Gasteiger partial charge >= 0.3 is 0 Å². The van der Waals surface area contributed by atoms with Crippen LogP contribution in [0.4, 0.5) is 5.69 Å². The van der Waals surface area contributed by atoms with E-state index in [-0.39, 0.29) is 25.5 Å². The summed E-state index contributed by atoms with van der Waals surface area (Å²) in [6.07, 6.45) is -0.462. The number of hydrogen-bond donors (Lipinski definition) is 3. The van der Waals surface area contributed by atoms with E-state index in [2.05, 4.69) is 30.9 Å². The maximum atomic E-state index is 14.5. The average molecular weight is 632 g/mol. The third kappa shape index (κ3) is 7.88. The van der Waals surface area contributed by atoms with Gasteiger partial charge in [-0.15, -0.1) is 0 Å². The lowest BCUT2D eigenvalue weighted by Crippen LogP contribution is -2.53. The lowest BCUT2D eigenvalue weighted by Gasteiger charge is -2.32. The van der Waals surface area contributed by atoms with Crippen LogP contribution in [0.3, 0.4) is 0 Å². The van der Waals surface area contributed by atoms with Crippen molar-refractivity contribution in [3.8, 4) is 5.75 Å². The summed E-state index contributed by atoms with van der Waals surface area (Å²) in [5, 5.41) is 16.7. The molecule has 4 aromatic carbocycles. The molecular formula is C34H33N9O4. The van der Waals surface area contributed by atoms with E-state index in [0.717, 1.165) is 5.56 Å². The minimum Gasteiger partial charge on any atom is -0.494 e. The summed E-state index contributed by atoms with van der Waals surface area (Å²) in [4.78, 5) is 25.5. The van der Waals surface area contributed by atoms with Crippen molar-refractivity contribution in [2.45, 2.75) is 37.6 Å². The number of benzene rings is 4. The Morgan fingerprint density at radius 3 is 2.40 bits per heavy atom.